The smallest absolute Gasteiger partial charge is 0.0645 e. The Morgan fingerprint density at radius 2 is 2.00 bits per heavy atom. The van der Waals surface area contributed by atoms with Crippen LogP contribution in [-0.4, -0.2) is 48.8 Å². The highest BCUT2D eigenvalue weighted by Crippen LogP contribution is 2.21. The van der Waals surface area contributed by atoms with Crippen LogP contribution >= 0.6 is 0 Å². The third-order valence-corrected chi connectivity index (χ3v) is 3.06. The van der Waals surface area contributed by atoms with Crippen molar-refractivity contribution in [2.45, 2.75) is 52.2 Å². The molecule has 0 radical (unpaired) electrons. The molecule has 0 amide bonds. The summed E-state index contributed by atoms with van der Waals surface area (Å²) in [7, 11) is 0. The fourth-order valence-corrected chi connectivity index (χ4v) is 2.20. The lowest BCUT2D eigenvalue weighted by molar-refractivity contribution is -0.0684. The molecule has 1 fully saturated rings. The second kappa shape index (κ2) is 5.28. The summed E-state index contributed by atoms with van der Waals surface area (Å²) in [5.41, 5.74) is 0.177. The first-order chi connectivity index (χ1) is 6.93. The SMILES string of the molecule is CC(C)NCC(C)N1CCOCC1(C)C. The van der Waals surface area contributed by atoms with Gasteiger partial charge in [-0.25, -0.2) is 0 Å². The molecule has 1 aliphatic rings. The van der Waals surface area contributed by atoms with E-state index in [9.17, 15) is 0 Å². The summed E-state index contributed by atoms with van der Waals surface area (Å²) in [6, 6.07) is 1.14. The van der Waals surface area contributed by atoms with Gasteiger partial charge in [0, 0.05) is 30.7 Å². The summed E-state index contributed by atoms with van der Waals surface area (Å²) in [6.45, 7) is 15.0. The molecule has 3 heteroatoms. The highest BCUT2D eigenvalue weighted by atomic mass is 16.5. The van der Waals surface area contributed by atoms with Crippen molar-refractivity contribution in [3.63, 3.8) is 0 Å². The summed E-state index contributed by atoms with van der Waals surface area (Å²) in [5, 5.41) is 3.50. The first-order valence-corrected chi connectivity index (χ1v) is 6.01. The zero-order chi connectivity index (χ0) is 11.5. The average molecular weight is 214 g/mol. The molecule has 1 atom stereocenters. The molecule has 15 heavy (non-hydrogen) atoms. The maximum absolute atomic E-state index is 5.53. The van der Waals surface area contributed by atoms with Crippen LogP contribution in [0.5, 0.6) is 0 Å². The van der Waals surface area contributed by atoms with E-state index in [1.54, 1.807) is 0 Å². The quantitative estimate of drug-likeness (QED) is 0.767. The molecule has 1 N–H and O–H groups in total. The first-order valence-electron chi connectivity index (χ1n) is 6.01. The second-order valence-corrected chi connectivity index (χ2v) is 5.47. The first kappa shape index (κ1) is 12.9. The molecule has 1 saturated heterocycles. The van der Waals surface area contributed by atoms with Gasteiger partial charge in [-0.1, -0.05) is 13.8 Å². The Balaban J connectivity index is 2.45. The van der Waals surface area contributed by atoms with E-state index >= 15 is 0 Å². The van der Waals surface area contributed by atoms with Crippen LogP contribution in [0.4, 0.5) is 0 Å². The highest BCUT2D eigenvalue weighted by Gasteiger charge is 2.33. The molecule has 1 aliphatic heterocycles. The Kier molecular flexibility index (Phi) is 4.56. The second-order valence-electron chi connectivity index (χ2n) is 5.47. The number of hydrogen-bond acceptors (Lipinski definition) is 3. The van der Waals surface area contributed by atoms with Crippen molar-refractivity contribution in [2.24, 2.45) is 0 Å². The number of morpholine rings is 1. The van der Waals surface area contributed by atoms with Gasteiger partial charge in [-0.15, -0.1) is 0 Å². The fourth-order valence-electron chi connectivity index (χ4n) is 2.20. The van der Waals surface area contributed by atoms with Crippen LogP contribution in [0.2, 0.25) is 0 Å². The molecule has 3 nitrogen and oxygen atoms in total. The zero-order valence-corrected chi connectivity index (χ0v) is 10.8. The van der Waals surface area contributed by atoms with Crippen molar-refractivity contribution in [3.8, 4) is 0 Å². The van der Waals surface area contributed by atoms with Gasteiger partial charge in [-0.2, -0.15) is 0 Å². The van der Waals surface area contributed by atoms with Crippen LogP contribution in [0.15, 0.2) is 0 Å². The third kappa shape index (κ3) is 3.74. The van der Waals surface area contributed by atoms with E-state index in [-0.39, 0.29) is 5.54 Å². The Bertz CT molecular complexity index is 192. The van der Waals surface area contributed by atoms with Gasteiger partial charge >= 0.3 is 0 Å². The van der Waals surface area contributed by atoms with Crippen molar-refractivity contribution in [3.05, 3.63) is 0 Å². The van der Waals surface area contributed by atoms with E-state index in [1.807, 2.05) is 0 Å². The predicted molar refractivity (Wildman–Crippen MR) is 64.2 cm³/mol. The Labute approximate surface area is 94.2 Å². The van der Waals surface area contributed by atoms with E-state index in [2.05, 4.69) is 44.8 Å². The maximum Gasteiger partial charge on any atom is 0.0645 e. The standard InChI is InChI=1S/C12H26N2O/c1-10(2)13-8-11(3)14-6-7-15-9-12(14,4)5/h10-11,13H,6-9H2,1-5H3. The molecular formula is C12H26N2O. The van der Waals surface area contributed by atoms with Crippen molar-refractivity contribution in [1.82, 2.24) is 10.2 Å². The Hall–Kier alpha value is -0.120. The summed E-state index contributed by atoms with van der Waals surface area (Å²) < 4.78 is 5.53. The van der Waals surface area contributed by atoms with Crippen molar-refractivity contribution in [2.75, 3.05) is 26.3 Å². The average Bonchev–Trinajstić information content (AvgIpc) is 2.13. The van der Waals surface area contributed by atoms with Crippen LogP contribution in [0.3, 0.4) is 0 Å². The highest BCUT2D eigenvalue weighted by molar-refractivity contribution is 4.88. The molecular weight excluding hydrogens is 188 g/mol. The van der Waals surface area contributed by atoms with Crippen molar-refractivity contribution in [1.29, 1.82) is 0 Å². The molecule has 0 aromatic heterocycles. The van der Waals surface area contributed by atoms with Crippen LogP contribution in [-0.2, 0) is 4.74 Å². The molecule has 0 aromatic carbocycles. The molecule has 0 saturated carbocycles. The lowest BCUT2D eigenvalue weighted by Crippen LogP contribution is -2.58. The lowest BCUT2D eigenvalue weighted by atomic mass is 10.00. The molecule has 1 unspecified atom stereocenters. The number of nitrogens with one attached hydrogen (secondary N) is 1. The van der Waals surface area contributed by atoms with Gasteiger partial charge in [0.25, 0.3) is 0 Å². The van der Waals surface area contributed by atoms with Gasteiger partial charge in [-0.3, -0.25) is 4.90 Å². The van der Waals surface area contributed by atoms with E-state index in [0.29, 0.717) is 12.1 Å². The number of hydrogen-bond donors (Lipinski definition) is 1. The summed E-state index contributed by atoms with van der Waals surface area (Å²) >= 11 is 0. The minimum atomic E-state index is 0.177. The van der Waals surface area contributed by atoms with Crippen LogP contribution in [0.25, 0.3) is 0 Å². The van der Waals surface area contributed by atoms with Crippen LogP contribution < -0.4 is 5.32 Å². The van der Waals surface area contributed by atoms with Gasteiger partial charge in [0.15, 0.2) is 0 Å². The van der Waals surface area contributed by atoms with Crippen LogP contribution in [0, 0.1) is 0 Å². The lowest BCUT2D eigenvalue weighted by Gasteiger charge is -2.45. The van der Waals surface area contributed by atoms with E-state index in [0.717, 1.165) is 26.3 Å². The molecule has 0 aliphatic carbocycles. The van der Waals surface area contributed by atoms with Gasteiger partial charge in [-0.05, 0) is 20.8 Å². The Morgan fingerprint density at radius 3 is 2.53 bits per heavy atom. The van der Waals surface area contributed by atoms with Gasteiger partial charge < -0.3 is 10.1 Å². The molecule has 0 aromatic rings. The monoisotopic (exact) mass is 214 g/mol. The molecule has 0 bridgehead atoms. The van der Waals surface area contributed by atoms with Crippen molar-refractivity contribution >= 4 is 0 Å². The molecule has 1 heterocycles. The summed E-state index contributed by atoms with van der Waals surface area (Å²) in [4.78, 5) is 2.55. The fraction of sp³-hybridized carbons (Fsp3) is 1.00. The van der Waals surface area contributed by atoms with Crippen molar-refractivity contribution < 1.29 is 4.74 Å². The minimum absolute atomic E-state index is 0.177. The third-order valence-electron chi connectivity index (χ3n) is 3.06. The van der Waals surface area contributed by atoms with Gasteiger partial charge in [0.2, 0.25) is 0 Å². The largest absolute Gasteiger partial charge is 0.378 e. The van der Waals surface area contributed by atoms with E-state index < -0.39 is 0 Å². The van der Waals surface area contributed by atoms with Gasteiger partial charge in [0.05, 0.1) is 13.2 Å². The minimum Gasteiger partial charge on any atom is -0.378 e. The number of nitrogens with zero attached hydrogens (tertiary/aromatic N) is 1. The van der Waals surface area contributed by atoms with E-state index in [1.165, 1.54) is 0 Å². The summed E-state index contributed by atoms with van der Waals surface area (Å²) in [5.74, 6) is 0. The predicted octanol–water partition coefficient (Wildman–Crippen LogP) is 1.48. The Morgan fingerprint density at radius 1 is 1.33 bits per heavy atom. The normalized spacial score (nSPS) is 24.4. The van der Waals surface area contributed by atoms with Gasteiger partial charge in [0.1, 0.15) is 0 Å². The number of ether oxygens (including phenoxy) is 1. The molecule has 90 valence electrons. The molecule has 1 rings (SSSR count). The maximum atomic E-state index is 5.53. The summed E-state index contributed by atoms with van der Waals surface area (Å²) in [6.07, 6.45) is 0. The molecule has 0 spiro atoms. The topological polar surface area (TPSA) is 24.5 Å². The van der Waals surface area contributed by atoms with E-state index in [4.69, 9.17) is 4.74 Å². The zero-order valence-electron chi connectivity index (χ0n) is 10.8. The van der Waals surface area contributed by atoms with Crippen LogP contribution in [0.1, 0.15) is 34.6 Å². The number of rotatable bonds is 4.